The van der Waals surface area contributed by atoms with Crippen LogP contribution in [0, 0.1) is 0 Å². The first kappa shape index (κ1) is 17.6. The number of benzene rings is 2. The Balaban J connectivity index is 1.84. The fraction of sp³-hybridized carbons (Fsp3) is 0.125. The van der Waals surface area contributed by atoms with Crippen molar-refractivity contribution in [2.45, 2.75) is 6.54 Å². The number of hydrogen-bond acceptors (Lipinski definition) is 3. The standard InChI is InChI=1S/C16H12Cl3NO3/c17-11-3-1-2-10(6-11)8-20-15(21)9-23-16(22)13-7-12(18)4-5-14(13)19/h1-7H,8-9H2,(H,20,21). The van der Waals surface area contributed by atoms with Crippen molar-refractivity contribution in [3.05, 3.63) is 68.7 Å². The van der Waals surface area contributed by atoms with Crippen molar-refractivity contribution in [3.8, 4) is 0 Å². The van der Waals surface area contributed by atoms with E-state index in [1.54, 1.807) is 24.3 Å². The number of carbonyl (C=O) groups is 2. The zero-order valence-electron chi connectivity index (χ0n) is 11.8. The summed E-state index contributed by atoms with van der Waals surface area (Å²) in [6.45, 7) is -0.128. The number of amides is 1. The van der Waals surface area contributed by atoms with E-state index in [1.165, 1.54) is 12.1 Å². The van der Waals surface area contributed by atoms with Gasteiger partial charge in [0.05, 0.1) is 10.6 Å². The summed E-state index contributed by atoms with van der Waals surface area (Å²) in [6.07, 6.45) is 0. The van der Waals surface area contributed by atoms with E-state index < -0.39 is 18.5 Å². The van der Waals surface area contributed by atoms with Crippen LogP contribution in [0.3, 0.4) is 0 Å². The second-order valence-electron chi connectivity index (χ2n) is 4.61. The highest BCUT2D eigenvalue weighted by Gasteiger charge is 2.14. The van der Waals surface area contributed by atoms with Crippen LogP contribution in [0.1, 0.15) is 15.9 Å². The molecular formula is C16H12Cl3NO3. The summed E-state index contributed by atoms with van der Waals surface area (Å²) >= 11 is 17.5. The van der Waals surface area contributed by atoms with Crippen LogP contribution in [0.2, 0.25) is 15.1 Å². The molecule has 1 amide bonds. The van der Waals surface area contributed by atoms with Crippen molar-refractivity contribution in [1.29, 1.82) is 0 Å². The summed E-state index contributed by atoms with van der Waals surface area (Å²) in [6, 6.07) is 11.5. The maximum Gasteiger partial charge on any atom is 0.340 e. The Hall–Kier alpha value is -1.75. The molecule has 0 aliphatic carbocycles. The van der Waals surface area contributed by atoms with Gasteiger partial charge in [0.15, 0.2) is 6.61 Å². The van der Waals surface area contributed by atoms with Gasteiger partial charge in [-0.2, -0.15) is 0 Å². The Morgan fingerprint density at radius 2 is 1.74 bits per heavy atom. The second kappa shape index (κ2) is 8.20. The minimum Gasteiger partial charge on any atom is -0.452 e. The average molecular weight is 373 g/mol. The molecule has 0 fully saturated rings. The van der Waals surface area contributed by atoms with Crippen molar-refractivity contribution < 1.29 is 14.3 Å². The van der Waals surface area contributed by atoms with E-state index in [-0.39, 0.29) is 17.1 Å². The summed E-state index contributed by atoms with van der Waals surface area (Å²) < 4.78 is 4.92. The highest BCUT2D eigenvalue weighted by atomic mass is 35.5. The summed E-state index contributed by atoms with van der Waals surface area (Å²) in [4.78, 5) is 23.6. The molecule has 0 heterocycles. The molecule has 0 saturated heterocycles. The lowest BCUT2D eigenvalue weighted by Crippen LogP contribution is -2.28. The Labute approximate surface area is 148 Å². The fourth-order valence-corrected chi connectivity index (χ4v) is 2.34. The predicted octanol–water partition coefficient (Wildman–Crippen LogP) is 4.12. The van der Waals surface area contributed by atoms with Gasteiger partial charge in [0.1, 0.15) is 0 Å². The molecule has 0 atom stereocenters. The van der Waals surface area contributed by atoms with Gasteiger partial charge < -0.3 is 10.1 Å². The SMILES string of the molecule is O=C(COC(=O)c1cc(Cl)ccc1Cl)NCc1cccc(Cl)c1. The first-order valence-corrected chi connectivity index (χ1v) is 7.72. The van der Waals surface area contributed by atoms with Gasteiger partial charge in [0.2, 0.25) is 0 Å². The molecule has 2 aromatic rings. The lowest BCUT2D eigenvalue weighted by molar-refractivity contribution is -0.124. The van der Waals surface area contributed by atoms with Crippen LogP contribution >= 0.6 is 34.8 Å². The van der Waals surface area contributed by atoms with Gasteiger partial charge in [-0.1, -0.05) is 46.9 Å². The second-order valence-corrected chi connectivity index (χ2v) is 5.89. The van der Waals surface area contributed by atoms with Crippen molar-refractivity contribution in [3.63, 3.8) is 0 Å². The maximum absolute atomic E-state index is 11.9. The van der Waals surface area contributed by atoms with Crippen LogP contribution in [0.25, 0.3) is 0 Å². The maximum atomic E-state index is 11.9. The topological polar surface area (TPSA) is 55.4 Å². The largest absolute Gasteiger partial charge is 0.452 e. The van der Waals surface area contributed by atoms with Crippen LogP contribution in [-0.2, 0) is 16.1 Å². The van der Waals surface area contributed by atoms with E-state index in [4.69, 9.17) is 39.5 Å². The van der Waals surface area contributed by atoms with Crippen LogP contribution < -0.4 is 5.32 Å². The van der Waals surface area contributed by atoms with E-state index in [2.05, 4.69) is 5.32 Å². The molecule has 0 saturated carbocycles. The highest BCUT2D eigenvalue weighted by molar-refractivity contribution is 6.35. The molecule has 2 rings (SSSR count). The predicted molar refractivity (Wildman–Crippen MR) is 90.0 cm³/mol. The lowest BCUT2D eigenvalue weighted by atomic mass is 10.2. The minimum absolute atomic E-state index is 0.113. The molecule has 0 unspecified atom stereocenters. The fourth-order valence-electron chi connectivity index (χ4n) is 1.76. The smallest absolute Gasteiger partial charge is 0.340 e. The Bertz CT molecular complexity index is 734. The number of carbonyl (C=O) groups excluding carboxylic acids is 2. The molecule has 0 aromatic heterocycles. The molecule has 120 valence electrons. The van der Waals surface area contributed by atoms with Gasteiger partial charge in [-0.25, -0.2) is 4.79 Å². The zero-order chi connectivity index (χ0) is 16.8. The van der Waals surface area contributed by atoms with Gasteiger partial charge in [-0.15, -0.1) is 0 Å². The van der Waals surface area contributed by atoms with E-state index in [0.717, 1.165) is 5.56 Å². The summed E-state index contributed by atoms with van der Waals surface area (Å²) in [5, 5.41) is 3.77. The zero-order valence-corrected chi connectivity index (χ0v) is 14.1. The van der Waals surface area contributed by atoms with Crippen LogP contribution in [0.15, 0.2) is 42.5 Å². The number of rotatable bonds is 5. The van der Waals surface area contributed by atoms with Crippen LogP contribution in [0.4, 0.5) is 0 Å². The molecule has 0 spiro atoms. The molecule has 0 aliphatic heterocycles. The van der Waals surface area contributed by atoms with E-state index in [1.807, 2.05) is 6.07 Å². The van der Waals surface area contributed by atoms with Crippen LogP contribution in [-0.4, -0.2) is 18.5 Å². The van der Waals surface area contributed by atoms with Gasteiger partial charge in [0.25, 0.3) is 5.91 Å². The molecule has 0 bridgehead atoms. The molecule has 4 nitrogen and oxygen atoms in total. The van der Waals surface area contributed by atoms with Gasteiger partial charge in [0, 0.05) is 16.6 Å². The van der Waals surface area contributed by atoms with Crippen LogP contribution in [0.5, 0.6) is 0 Å². The Kier molecular flexibility index (Phi) is 6.28. The van der Waals surface area contributed by atoms with Crippen molar-refractivity contribution >= 4 is 46.7 Å². The first-order chi connectivity index (χ1) is 11.0. The number of esters is 1. The quantitative estimate of drug-likeness (QED) is 0.803. The Morgan fingerprint density at radius 1 is 1.00 bits per heavy atom. The molecule has 0 aliphatic rings. The van der Waals surface area contributed by atoms with Crippen molar-refractivity contribution in [2.75, 3.05) is 6.61 Å². The van der Waals surface area contributed by atoms with Gasteiger partial charge in [-0.05, 0) is 35.9 Å². The normalized spacial score (nSPS) is 10.2. The number of nitrogens with one attached hydrogen (secondary N) is 1. The third-order valence-electron chi connectivity index (χ3n) is 2.86. The van der Waals surface area contributed by atoms with Gasteiger partial charge in [-0.3, -0.25) is 4.79 Å². The van der Waals surface area contributed by atoms with E-state index in [9.17, 15) is 9.59 Å². The summed E-state index contributed by atoms with van der Waals surface area (Å²) in [7, 11) is 0. The first-order valence-electron chi connectivity index (χ1n) is 6.59. The number of hydrogen-bond donors (Lipinski definition) is 1. The Morgan fingerprint density at radius 3 is 2.48 bits per heavy atom. The molecule has 0 radical (unpaired) electrons. The number of halogens is 3. The molecular weight excluding hydrogens is 361 g/mol. The number of ether oxygens (including phenoxy) is 1. The molecule has 2 aromatic carbocycles. The molecule has 7 heteroatoms. The third-order valence-corrected chi connectivity index (χ3v) is 3.66. The average Bonchev–Trinajstić information content (AvgIpc) is 2.53. The summed E-state index contributed by atoms with van der Waals surface area (Å²) in [5.74, 6) is -1.15. The molecule has 23 heavy (non-hydrogen) atoms. The van der Waals surface area contributed by atoms with E-state index >= 15 is 0 Å². The lowest BCUT2D eigenvalue weighted by Gasteiger charge is -2.08. The van der Waals surface area contributed by atoms with Crippen molar-refractivity contribution in [2.24, 2.45) is 0 Å². The van der Waals surface area contributed by atoms with Gasteiger partial charge >= 0.3 is 5.97 Å². The highest BCUT2D eigenvalue weighted by Crippen LogP contribution is 2.21. The van der Waals surface area contributed by atoms with E-state index in [0.29, 0.717) is 10.0 Å². The summed E-state index contributed by atoms with van der Waals surface area (Å²) in [5.41, 5.74) is 0.955. The third kappa shape index (κ3) is 5.43. The minimum atomic E-state index is -0.713. The monoisotopic (exact) mass is 371 g/mol. The van der Waals surface area contributed by atoms with Crippen molar-refractivity contribution in [1.82, 2.24) is 5.32 Å². The molecule has 1 N–H and O–H groups in total.